The first-order chi connectivity index (χ1) is 7.36. The molecule has 15 heavy (non-hydrogen) atoms. The van der Waals surface area contributed by atoms with E-state index < -0.39 is 0 Å². The number of imidazole rings is 1. The molecule has 3 nitrogen and oxygen atoms in total. The van der Waals surface area contributed by atoms with Crippen LogP contribution in [0.15, 0.2) is 17.8 Å². The molecule has 0 bridgehead atoms. The van der Waals surface area contributed by atoms with Gasteiger partial charge < -0.3 is 9.72 Å². The molecule has 1 atom stereocenters. The zero-order valence-corrected chi connectivity index (χ0v) is 9.30. The number of hydrogen-bond acceptors (Lipinski definition) is 3. The molecule has 0 aliphatic carbocycles. The van der Waals surface area contributed by atoms with Crippen LogP contribution in [0.2, 0.25) is 0 Å². The summed E-state index contributed by atoms with van der Waals surface area (Å²) in [7, 11) is 0. The van der Waals surface area contributed by atoms with Gasteiger partial charge in [-0.05, 0) is 18.4 Å². The van der Waals surface area contributed by atoms with E-state index in [-0.39, 0.29) is 6.10 Å². The van der Waals surface area contributed by atoms with Gasteiger partial charge in [0.2, 0.25) is 0 Å². The maximum atomic E-state index is 5.81. The minimum Gasteiger partial charge on any atom is -0.367 e. The Morgan fingerprint density at radius 3 is 3.33 bits per heavy atom. The lowest BCUT2D eigenvalue weighted by atomic mass is 10.0. The van der Waals surface area contributed by atoms with Crippen LogP contribution >= 0.6 is 11.3 Å². The van der Waals surface area contributed by atoms with E-state index in [1.54, 1.807) is 6.33 Å². The third kappa shape index (κ3) is 1.41. The van der Waals surface area contributed by atoms with Gasteiger partial charge in [0.1, 0.15) is 6.10 Å². The SMILES string of the molecule is Cc1[nH]cnc1C1OCCc2sccc21. The van der Waals surface area contributed by atoms with Crippen molar-refractivity contribution >= 4 is 11.3 Å². The van der Waals surface area contributed by atoms with E-state index in [0.29, 0.717) is 0 Å². The summed E-state index contributed by atoms with van der Waals surface area (Å²) in [5, 5.41) is 2.13. The summed E-state index contributed by atoms with van der Waals surface area (Å²) in [6.45, 7) is 2.83. The first-order valence-electron chi connectivity index (χ1n) is 5.04. The summed E-state index contributed by atoms with van der Waals surface area (Å²) in [6, 6.07) is 2.15. The molecule has 3 rings (SSSR count). The monoisotopic (exact) mass is 220 g/mol. The third-order valence-corrected chi connectivity index (χ3v) is 3.79. The number of rotatable bonds is 1. The van der Waals surface area contributed by atoms with Crippen LogP contribution in [0.3, 0.4) is 0 Å². The number of H-pyrrole nitrogens is 1. The molecule has 1 unspecified atom stereocenters. The van der Waals surface area contributed by atoms with Crippen molar-refractivity contribution in [1.29, 1.82) is 0 Å². The lowest BCUT2D eigenvalue weighted by Crippen LogP contribution is -2.16. The van der Waals surface area contributed by atoms with Crippen LogP contribution in [-0.4, -0.2) is 16.6 Å². The topological polar surface area (TPSA) is 37.9 Å². The second kappa shape index (κ2) is 3.47. The van der Waals surface area contributed by atoms with Gasteiger partial charge in [-0.2, -0.15) is 0 Å². The number of ether oxygens (including phenoxy) is 1. The maximum Gasteiger partial charge on any atom is 0.127 e. The van der Waals surface area contributed by atoms with Gasteiger partial charge in [0.05, 0.1) is 18.6 Å². The number of nitrogens with zero attached hydrogens (tertiary/aromatic N) is 1. The Balaban J connectivity index is 2.07. The molecule has 4 heteroatoms. The number of aromatic nitrogens is 2. The molecule has 0 aromatic carbocycles. The molecule has 2 aromatic rings. The molecule has 0 radical (unpaired) electrons. The number of hydrogen-bond donors (Lipinski definition) is 1. The molecular formula is C11H12N2OS. The standard InChI is InChI=1S/C11H12N2OS/c1-7-10(13-6-12-7)11-8-3-5-15-9(8)2-4-14-11/h3,5-6,11H,2,4H2,1H3,(H,12,13). The Morgan fingerprint density at radius 1 is 1.60 bits per heavy atom. The van der Waals surface area contributed by atoms with Gasteiger partial charge in [-0.1, -0.05) is 0 Å². The number of nitrogens with one attached hydrogen (secondary N) is 1. The normalized spacial score (nSPS) is 20.2. The van der Waals surface area contributed by atoms with Crippen molar-refractivity contribution in [2.75, 3.05) is 6.61 Å². The fraction of sp³-hybridized carbons (Fsp3) is 0.364. The highest BCUT2D eigenvalue weighted by Crippen LogP contribution is 2.35. The van der Waals surface area contributed by atoms with Gasteiger partial charge >= 0.3 is 0 Å². The predicted molar refractivity (Wildman–Crippen MR) is 59.1 cm³/mol. The van der Waals surface area contributed by atoms with Gasteiger partial charge in [0.15, 0.2) is 0 Å². The maximum absolute atomic E-state index is 5.81. The van der Waals surface area contributed by atoms with Crippen LogP contribution in [0.1, 0.15) is 27.9 Å². The largest absolute Gasteiger partial charge is 0.367 e. The summed E-state index contributed by atoms with van der Waals surface area (Å²) in [5.74, 6) is 0. The zero-order valence-electron chi connectivity index (χ0n) is 8.49. The fourth-order valence-corrected chi connectivity index (χ4v) is 2.90. The van der Waals surface area contributed by atoms with Crippen molar-refractivity contribution in [2.24, 2.45) is 0 Å². The first kappa shape index (κ1) is 9.12. The molecule has 0 fully saturated rings. The van der Waals surface area contributed by atoms with Crippen molar-refractivity contribution in [3.05, 3.63) is 39.6 Å². The summed E-state index contributed by atoms with van der Waals surface area (Å²) >= 11 is 1.81. The second-order valence-electron chi connectivity index (χ2n) is 3.71. The molecule has 0 amide bonds. The van der Waals surface area contributed by atoms with Crippen LogP contribution in [-0.2, 0) is 11.2 Å². The molecule has 0 saturated carbocycles. The van der Waals surface area contributed by atoms with E-state index in [2.05, 4.69) is 21.4 Å². The van der Waals surface area contributed by atoms with Crippen LogP contribution in [0.5, 0.6) is 0 Å². The fourth-order valence-electron chi connectivity index (χ4n) is 2.01. The molecular weight excluding hydrogens is 208 g/mol. The highest BCUT2D eigenvalue weighted by Gasteiger charge is 2.26. The Bertz CT molecular complexity index is 474. The van der Waals surface area contributed by atoms with Gasteiger partial charge in [-0.25, -0.2) is 4.98 Å². The van der Waals surface area contributed by atoms with Crippen LogP contribution in [0.25, 0.3) is 0 Å². The minimum absolute atomic E-state index is 0.0336. The van der Waals surface area contributed by atoms with Crippen molar-refractivity contribution < 1.29 is 4.74 Å². The molecule has 3 heterocycles. The first-order valence-corrected chi connectivity index (χ1v) is 5.92. The third-order valence-electron chi connectivity index (χ3n) is 2.79. The molecule has 0 spiro atoms. The van der Waals surface area contributed by atoms with Crippen molar-refractivity contribution in [2.45, 2.75) is 19.4 Å². The van der Waals surface area contributed by atoms with Gasteiger partial charge in [-0.3, -0.25) is 0 Å². The van der Waals surface area contributed by atoms with Gasteiger partial charge in [0, 0.05) is 22.6 Å². The van der Waals surface area contributed by atoms with E-state index in [1.807, 2.05) is 18.3 Å². The number of aromatic amines is 1. The van der Waals surface area contributed by atoms with E-state index in [0.717, 1.165) is 24.4 Å². The highest BCUT2D eigenvalue weighted by molar-refractivity contribution is 7.10. The quantitative estimate of drug-likeness (QED) is 0.801. The smallest absolute Gasteiger partial charge is 0.127 e. The van der Waals surface area contributed by atoms with Crippen LogP contribution in [0.4, 0.5) is 0 Å². The zero-order chi connectivity index (χ0) is 10.3. The molecule has 1 aliphatic rings. The molecule has 1 N–H and O–H groups in total. The van der Waals surface area contributed by atoms with Crippen LogP contribution < -0.4 is 0 Å². The summed E-state index contributed by atoms with van der Waals surface area (Å²) < 4.78 is 5.81. The average Bonchev–Trinajstić information content (AvgIpc) is 2.85. The number of fused-ring (bicyclic) bond motifs is 1. The van der Waals surface area contributed by atoms with Crippen LogP contribution in [0, 0.1) is 6.92 Å². The molecule has 78 valence electrons. The summed E-state index contributed by atoms with van der Waals surface area (Å²) in [6.07, 6.45) is 2.80. The Labute approximate surface area is 92.1 Å². The Kier molecular flexibility index (Phi) is 2.11. The van der Waals surface area contributed by atoms with Crippen molar-refractivity contribution in [3.8, 4) is 0 Å². The van der Waals surface area contributed by atoms with E-state index in [1.165, 1.54) is 10.4 Å². The lowest BCUT2D eigenvalue weighted by molar-refractivity contribution is 0.0683. The van der Waals surface area contributed by atoms with Gasteiger partial charge in [-0.15, -0.1) is 11.3 Å². The highest BCUT2D eigenvalue weighted by atomic mass is 32.1. The van der Waals surface area contributed by atoms with Crippen molar-refractivity contribution in [3.63, 3.8) is 0 Å². The molecule has 0 saturated heterocycles. The molecule has 2 aromatic heterocycles. The summed E-state index contributed by atoms with van der Waals surface area (Å²) in [5.41, 5.74) is 3.41. The average molecular weight is 220 g/mol. The Hall–Kier alpha value is -1.13. The number of aryl methyl sites for hydroxylation is 1. The minimum atomic E-state index is 0.0336. The van der Waals surface area contributed by atoms with E-state index >= 15 is 0 Å². The Morgan fingerprint density at radius 2 is 2.53 bits per heavy atom. The van der Waals surface area contributed by atoms with Gasteiger partial charge in [0.25, 0.3) is 0 Å². The van der Waals surface area contributed by atoms with E-state index in [4.69, 9.17) is 4.74 Å². The second-order valence-corrected chi connectivity index (χ2v) is 4.71. The summed E-state index contributed by atoms with van der Waals surface area (Å²) in [4.78, 5) is 8.88. The molecule has 1 aliphatic heterocycles. The predicted octanol–water partition coefficient (Wildman–Crippen LogP) is 2.44. The van der Waals surface area contributed by atoms with Crippen molar-refractivity contribution in [1.82, 2.24) is 9.97 Å². The van der Waals surface area contributed by atoms with E-state index in [9.17, 15) is 0 Å². The lowest BCUT2D eigenvalue weighted by Gasteiger charge is -2.22. The number of thiophene rings is 1.